The fourth-order valence-electron chi connectivity index (χ4n) is 3.44. The van der Waals surface area contributed by atoms with Crippen LogP contribution in [0, 0.1) is 0 Å². The summed E-state index contributed by atoms with van der Waals surface area (Å²) >= 11 is 0. The van der Waals surface area contributed by atoms with Gasteiger partial charge in [0.05, 0.1) is 6.42 Å². The van der Waals surface area contributed by atoms with Gasteiger partial charge in [0.1, 0.15) is 11.6 Å². The zero-order valence-electron chi connectivity index (χ0n) is 13.1. The van der Waals surface area contributed by atoms with Crippen molar-refractivity contribution in [2.45, 2.75) is 39.0 Å². The zero-order valence-corrected chi connectivity index (χ0v) is 13.1. The van der Waals surface area contributed by atoms with E-state index in [9.17, 15) is 9.59 Å². The quantitative estimate of drug-likeness (QED) is 0.657. The molecule has 0 aliphatic heterocycles. The number of hydrogen-bond acceptors (Lipinski definition) is 2. The number of carbonyl (C=O) groups excluding carboxylic acids is 2. The van der Waals surface area contributed by atoms with Crippen LogP contribution in [0.4, 0.5) is 0 Å². The minimum Gasteiger partial charge on any atom is -0.300 e. The van der Waals surface area contributed by atoms with Gasteiger partial charge in [-0.25, -0.2) is 0 Å². The largest absolute Gasteiger partial charge is 0.300 e. The summed E-state index contributed by atoms with van der Waals surface area (Å²) in [6, 6.07) is 14.8. The van der Waals surface area contributed by atoms with E-state index in [0.717, 1.165) is 6.42 Å². The van der Waals surface area contributed by atoms with Crippen molar-refractivity contribution in [1.82, 2.24) is 0 Å². The lowest BCUT2D eigenvalue weighted by Crippen LogP contribution is -2.09. The second-order valence-electron chi connectivity index (χ2n) is 6.23. The van der Waals surface area contributed by atoms with E-state index in [1.165, 1.54) is 34.7 Å². The van der Waals surface area contributed by atoms with Crippen LogP contribution in [0.2, 0.25) is 0 Å². The SMILES string of the molecule is CC(=O)CC(=O)CC(C)c1cccc2c1Cc1ccccc1-2. The van der Waals surface area contributed by atoms with Gasteiger partial charge in [-0.15, -0.1) is 0 Å². The van der Waals surface area contributed by atoms with Crippen molar-refractivity contribution in [3.63, 3.8) is 0 Å². The predicted octanol–water partition coefficient (Wildman–Crippen LogP) is 4.30. The summed E-state index contributed by atoms with van der Waals surface area (Å²) in [5.74, 6) is 0.132. The van der Waals surface area contributed by atoms with E-state index in [1.54, 1.807) is 0 Å². The van der Waals surface area contributed by atoms with Crippen molar-refractivity contribution in [2.24, 2.45) is 0 Å². The number of hydrogen-bond donors (Lipinski definition) is 0. The molecule has 2 aromatic carbocycles. The van der Waals surface area contributed by atoms with Crippen LogP contribution in [0.5, 0.6) is 0 Å². The van der Waals surface area contributed by atoms with E-state index in [-0.39, 0.29) is 23.9 Å². The molecule has 2 aromatic rings. The van der Waals surface area contributed by atoms with Crippen molar-refractivity contribution in [2.75, 3.05) is 0 Å². The Bertz CT molecular complexity index is 743. The lowest BCUT2D eigenvalue weighted by Gasteiger charge is -2.15. The molecule has 0 aromatic heterocycles. The van der Waals surface area contributed by atoms with E-state index >= 15 is 0 Å². The Balaban J connectivity index is 1.88. The van der Waals surface area contributed by atoms with Gasteiger partial charge in [-0.1, -0.05) is 49.4 Å². The van der Waals surface area contributed by atoms with E-state index in [2.05, 4.69) is 49.4 Å². The highest BCUT2D eigenvalue weighted by atomic mass is 16.1. The fourth-order valence-corrected chi connectivity index (χ4v) is 3.44. The molecule has 0 spiro atoms. The van der Waals surface area contributed by atoms with Crippen LogP contribution in [0.15, 0.2) is 42.5 Å². The Morgan fingerprint density at radius 3 is 2.55 bits per heavy atom. The van der Waals surface area contributed by atoms with Gasteiger partial charge in [0.25, 0.3) is 0 Å². The van der Waals surface area contributed by atoms with Crippen molar-refractivity contribution < 1.29 is 9.59 Å². The topological polar surface area (TPSA) is 34.1 Å². The van der Waals surface area contributed by atoms with Crippen LogP contribution in [0.25, 0.3) is 11.1 Å². The smallest absolute Gasteiger partial charge is 0.140 e. The van der Waals surface area contributed by atoms with Crippen molar-refractivity contribution in [1.29, 1.82) is 0 Å². The molecule has 0 saturated carbocycles. The first kappa shape index (κ1) is 14.7. The maximum absolute atomic E-state index is 11.9. The monoisotopic (exact) mass is 292 g/mol. The molecule has 0 fully saturated rings. The summed E-state index contributed by atoms with van der Waals surface area (Å²) in [5.41, 5.74) is 6.53. The molecule has 0 heterocycles. The third kappa shape index (κ3) is 2.74. The van der Waals surface area contributed by atoms with Crippen LogP contribution in [0.1, 0.15) is 49.3 Å². The fraction of sp³-hybridized carbons (Fsp3) is 0.300. The number of benzene rings is 2. The minimum atomic E-state index is -0.0529. The summed E-state index contributed by atoms with van der Waals surface area (Å²) in [7, 11) is 0. The summed E-state index contributed by atoms with van der Waals surface area (Å²) < 4.78 is 0. The van der Waals surface area contributed by atoms with Gasteiger partial charge in [-0.05, 0) is 47.1 Å². The van der Waals surface area contributed by atoms with Gasteiger partial charge < -0.3 is 0 Å². The second kappa shape index (κ2) is 5.88. The molecule has 1 unspecified atom stereocenters. The second-order valence-corrected chi connectivity index (χ2v) is 6.23. The molecule has 112 valence electrons. The molecule has 0 N–H and O–H groups in total. The van der Waals surface area contributed by atoms with Gasteiger partial charge in [0, 0.05) is 6.42 Å². The summed E-state index contributed by atoms with van der Waals surface area (Å²) in [6.45, 7) is 3.55. The maximum atomic E-state index is 11.9. The third-order valence-corrected chi connectivity index (χ3v) is 4.40. The van der Waals surface area contributed by atoms with Gasteiger partial charge in [-0.2, -0.15) is 0 Å². The van der Waals surface area contributed by atoms with Gasteiger partial charge in [-0.3, -0.25) is 9.59 Å². The Morgan fingerprint density at radius 2 is 1.77 bits per heavy atom. The summed E-state index contributed by atoms with van der Waals surface area (Å²) in [5, 5.41) is 0. The van der Waals surface area contributed by atoms with Crippen molar-refractivity contribution in [3.8, 4) is 11.1 Å². The highest BCUT2D eigenvalue weighted by molar-refractivity contribution is 5.98. The summed E-state index contributed by atoms with van der Waals surface area (Å²) in [4.78, 5) is 23.0. The average Bonchev–Trinajstić information content (AvgIpc) is 2.84. The number of Topliss-reactive ketones (excluding diaryl/α,β-unsaturated/α-hetero) is 2. The van der Waals surface area contributed by atoms with E-state index < -0.39 is 0 Å². The molecule has 1 atom stereocenters. The van der Waals surface area contributed by atoms with E-state index in [4.69, 9.17) is 0 Å². The van der Waals surface area contributed by atoms with Crippen LogP contribution < -0.4 is 0 Å². The molecule has 0 amide bonds. The van der Waals surface area contributed by atoms with Crippen LogP contribution >= 0.6 is 0 Å². The normalized spacial score (nSPS) is 13.4. The number of fused-ring (bicyclic) bond motifs is 3. The molecular weight excluding hydrogens is 272 g/mol. The lowest BCUT2D eigenvalue weighted by molar-refractivity contribution is -0.126. The minimum absolute atomic E-state index is 0.0353. The third-order valence-electron chi connectivity index (χ3n) is 4.40. The average molecular weight is 292 g/mol. The first-order valence-electron chi connectivity index (χ1n) is 7.77. The molecule has 3 rings (SSSR count). The van der Waals surface area contributed by atoms with Crippen LogP contribution in [-0.4, -0.2) is 11.6 Å². The number of ketones is 2. The molecule has 2 heteroatoms. The Labute approximate surface area is 131 Å². The Kier molecular flexibility index (Phi) is 3.93. The van der Waals surface area contributed by atoms with Gasteiger partial charge >= 0.3 is 0 Å². The van der Waals surface area contributed by atoms with E-state index in [1.807, 2.05) is 0 Å². The van der Waals surface area contributed by atoms with Crippen molar-refractivity contribution in [3.05, 3.63) is 59.2 Å². The maximum Gasteiger partial charge on any atom is 0.140 e. The highest BCUT2D eigenvalue weighted by Gasteiger charge is 2.23. The Morgan fingerprint density at radius 1 is 1.05 bits per heavy atom. The molecule has 1 aliphatic rings. The van der Waals surface area contributed by atoms with Crippen LogP contribution in [0.3, 0.4) is 0 Å². The molecule has 0 saturated heterocycles. The molecule has 1 aliphatic carbocycles. The lowest BCUT2D eigenvalue weighted by atomic mass is 9.88. The molecule has 22 heavy (non-hydrogen) atoms. The molecule has 0 radical (unpaired) electrons. The van der Waals surface area contributed by atoms with Crippen molar-refractivity contribution >= 4 is 11.6 Å². The standard InChI is InChI=1S/C20H20O2/c1-13(10-16(22)11-14(2)21)17-8-5-9-19-18-7-4-3-6-15(18)12-20(17)19/h3-9,13H,10-12H2,1-2H3. The summed E-state index contributed by atoms with van der Waals surface area (Å²) in [6.07, 6.45) is 1.43. The zero-order chi connectivity index (χ0) is 15.7. The molecular formula is C20H20O2. The van der Waals surface area contributed by atoms with E-state index in [0.29, 0.717) is 6.42 Å². The predicted molar refractivity (Wildman–Crippen MR) is 88.0 cm³/mol. The number of carbonyl (C=O) groups is 2. The van der Waals surface area contributed by atoms with Gasteiger partial charge in [0.15, 0.2) is 0 Å². The Hall–Kier alpha value is -2.22. The number of rotatable bonds is 5. The first-order chi connectivity index (χ1) is 10.6. The molecule has 0 bridgehead atoms. The van der Waals surface area contributed by atoms with Crippen LogP contribution in [-0.2, 0) is 16.0 Å². The van der Waals surface area contributed by atoms with Gasteiger partial charge in [0.2, 0.25) is 0 Å². The highest BCUT2D eigenvalue weighted by Crippen LogP contribution is 2.40. The first-order valence-corrected chi connectivity index (χ1v) is 7.77. The molecule has 2 nitrogen and oxygen atoms in total.